The molecule has 0 fully saturated rings. The number of aryl methyl sites for hydroxylation is 1. The molecule has 2 aromatic heterocycles. The second kappa shape index (κ2) is 4.88. The van der Waals surface area contributed by atoms with Crippen molar-refractivity contribution in [3.05, 3.63) is 46.9 Å². The molecule has 0 spiro atoms. The van der Waals surface area contributed by atoms with E-state index in [-0.39, 0.29) is 16.8 Å². The number of hydrogen-bond acceptors (Lipinski definition) is 4. The van der Waals surface area contributed by atoms with Gasteiger partial charge in [0.15, 0.2) is 10.8 Å². The quantitative estimate of drug-likeness (QED) is 0.884. The normalized spacial score (nSPS) is 10.0. The lowest BCUT2D eigenvalue weighted by atomic mass is 10.3. The van der Waals surface area contributed by atoms with E-state index in [0.29, 0.717) is 5.82 Å². The molecular formula is C11H9ClN4O. The van der Waals surface area contributed by atoms with Gasteiger partial charge in [-0.2, -0.15) is 0 Å². The summed E-state index contributed by atoms with van der Waals surface area (Å²) in [5, 5.41) is 10.2. The van der Waals surface area contributed by atoms with Gasteiger partial charge in [-0.05, 0) is 30.7 Å². The van der Waals surface area contributed by atoms with Crippen LogP contribution >= 0.6 is 11.6 Å². The van der Waals surface area contributed by atoms with E-state index in [1.165, 1.54) is 12.1 Å². The van der Waals surface area contributed by atoms with Crippen molar-refractivity contribution >= 4 is 23.3 Å². The first-order chi connectivity index (χ1) is 8.16. The molecule has 0 saturated heterocycles. The standard InChI is InChI=1S/C11H9ClN4O/c1-7-3-2-6-13-10(7)14-11(17)8-4-5-9(12)16-15-8/h2-6H,1H3,(H,13,14,17). The summed E-state index contributed by atoms with van der Waals surface area (Å²) in [5.41, 5.74) is 1.07. The molecule has 0 unspecified atom stereocenters. The zero-order valence-corrected chi connectivity index (χ0v) is 9.77. The van der Waals surface area contributed by atoms with Crippen molar-refractivity contribution in [2.24, 2.45) is 0 Å². The molecule has 0 aliphatic heterocycles. The molecule has 0 saturated carbocycles. The van der Waals surface area contributed by atoms with Crippen molar-refractivity contribution < 1.29 is 4.79 Å². The Morgan fingerprint density at radius 1 is 1.29 bits per heavy atom. The van der Waals surface area contributed by atoms with Crippen LogP contribution in [0.3, 0.4) is 0 Å². The fourth-order valence-corrected chi connectivity index (χ4v) is 1.33. The van der Waals surface area contributed by atoms with Crippen LogP contribution in [0.1, 0.15) is 16.1 Å². The van der Waals surface area contributed by atoms with Gasteiger partial charge < -0.3 is 5.32 Å². The fraction of sp³-hybridized carbons (Fsp3) is 0.0909. The maximum atomic E-state index is 11.8. The molecule has 0 aliphatic carbocycles. The molecule has 2 aromatic rings. The summed E-state index contributed by atoms with van der Waals surface area (Å²) in [6.45, 7) is 1.86. The van der Waals surface area contributed by atoms with Gasteiger partial charge in [-0.25, -0.2) is 4.98 Å². The van der Waals surface area contributed by atoms with Crippen molar-refractivity contribution in [3.63, 3.8) is 0 Å². The highest BCUT2D eigenvalue weighted by molar-refractivity contribution is 6.29. The molecule has 86 valence electrons. The molecule has 2 rings (SSSR count). The zero-order chi connectivity index (χ0) is 12.3. The largest absolute Gasteiger partial charge is 0.305 e. The lowest BCUT2D eigenvalue weighted by Crippen LogP contribution is -2.15. The Morgan fingerprint density at radius 2 is 2.12 bits per heavy atom. The Hall–Kier alpha value is -2.01. The number of pyridine rings is 1. The van der Waals surface area contributed by atoms with E-state index in [0.717, 1.165) is 5.56 Å². The Morgan fingerprint density at radius 3 is 2.76 bits per heavy atom. The number of nitrogens with one attached hydrogen (secondary N) is 1. The van der Waals surface area contributed by atoms with Crippen LogP contribution in [0.15, 0.2) is 30.5 Å². The number of rotatable bonds is 2. The van der Waals surface area contributed by atoms with Gasteiger partial charge >= 0.3 is 0 Å². The summed E-state index contributed by atoms with van der Waals surface area (Å²) in [4.78, 5) is 15.8. The van der Waals surface area contributed by atoms with E-state index < -0.39 is 0 Å². The van der Waals surface area contributed by atoms with E-state index in [9.17, 15) is 4.79 Å². The number of halogens is 1. The van der Waals surface area contributed by atoms with Crippen LogP contribution in [0, 0.1) is 6.92 Å². The summed E-state index contributed by atoms with van der Waals surface area (Å²) in [6.07, 6.45) is 1.61. The second-order valence-electron chi connectivity index (χ2n) is 3.36. The Bertz CT molecular complexity index is 541. The molecule has 1 N–H and O–H groups in total. The first kappa shape index (κ1) is 11.5. The van der Waals surface area contributed by atoms with Gasteiger partial charge in [-0.3, -0.25) is 4.79 Å². The van der Waals surface area contributed by atoms with E-state index in [1.807, 2.05) is 13.0 Å². The van der Waals surface area contributed by atoms with Crippen LogP contribution in [-0.2, 0) is 0 Å². The van der Waals surface area contributed by atoms with E-state index in [1.54, 1.807) is 12.3 Å². The topological polar surface area (TPSA) is 67.8 Å². The lowest BCUT2D eigenvalue weighted by molar-refractivity contribution is 0.102. The minimum absolute atomic E-state index is 0.194. The van der Waals surface area contributed by atoms with Crippen molar-refractivity contribution in [2.45, 2.75) is 6.92 Å². The third kappa shape index (κ3) is 2.76. The predicted octanol–water partition coefficient (Wildman–Crippen LogP) is 2.09. The summed E-state index contributed by atoms with van der Waals surface area (Å²) in [6, 6.07) is 6.67. The Kier molecular flexibility index (Phi) is 3.30. The third-order valence-electron chi connectivity index (χ3n) is 2.11. The van der Waals surface area contributed by atoms with Crippen LogP contribution < -0.4 is 5.32 Å². The second-order valence-corrected chi connectivity index (χ2v) is 3.75. The summed E-state index contributed by atoms with van der Waals surface area (Å²) in [7, 11) is 0. The summed E-state index contributed by atoms with van der Waals surface area (Å²) in [5.74, 6) is 0.144. The monoisotopic (exact) mass is 248 g/mol. The zero-order valence-electron chi connectivity index (χ0n) is 9.01. The highest BCUT2D eigenvalue weighted by Crippen LogP contribution is 2.10. The number of amides is 1. The van der Waals surface area contributed by atoms with Gasteiger partial charge in [0.2, 0.25) is 0 Å². The SMILES string of the molecule is Cc1cccnc1NC(=O)c1ccc(Cl)nn1. The van der Waals surface area contributed by atoms with E-state index >= 15 is 0 Å². The molecular weight excluding hydrogens is 240 g/mol. The summed E-state index contributed by atoms with van der Waals surface area (Å²) >= 11 is 5.58. The van der Waals surface area contributed by atoms with Crippen molar-refractivity contribution in [1.29, 1.82) is 0 Å². The average Bonchev–Trinajstić information content (AvgIpc) is 2.33. The minimum Gasteiger partial charge on any atom is -0.305 e. The van der Waals surface area contributed by atoms with Crippen LogP contribution in [0.4, 0.5) is 5.82 Å². The highest BCUT2D eigenvalue weighted by Gasteiger charge is 2.10. The number of nitrogens with zero attached hydrogens (tertiary/aromatic N) is 3. The molecule has 5 nitrogen and oxygen atoms in total. The highest BCUT2D eigenvalue weighted by atomic mass is 35.5. The first-order valence-electron chi connectivity index (χ1n) is 4.89. The number of carbonyl (C=O) groups is 1. The van der Waals surface area contributed by atoms with E-state index in [4.69, 9.17) is 11.6 Å². The van der Waals surface area contributed by atoms with Crippen LogP contribution in [0.2, 0.25) is 5.15 Å². The fourth-order valence-electron chi connectivity index (χ4n) is 1.23. The maximum absolute atomic E-state index is 11.8. The molecule has 0 aliphatic rings. The van der Waals surface area contributed by atoms with Crippen molar-refractivity contribution in [1.82, 2.24) is 15.2 Å². The number of anilines is 1. The Labute approximate surface area is 103 Å². The third-order valence-corrected chi connectivity index (χ3v) is 2.31. The van der Waals surface area contributed by atoms with Crippen LogP contribution in [-0.4, -0.2) is 21.1 Å². The molecule has 2 heterocycles. The smallest absolute Gasteiger partial charge is 0.277 e. The molecule has 6 heteroatoms. The summed E-state index contributed by atoms with van der Waals surface area (Å²) < 4.78 is 0. The van der Waals surface area contributed by atoms with Crippen LogP contribution in [0.5, 0.6) is 0 Å². The number of carbonyl (C=O) groups excluding carboxylic acids is 1. The minimum atomic E-state index is -0.365. The predicted molar refractivity (Wildman–Crippen MR) is 64.0 cm³/mol. The van der Waals surface area contributed by atoms with Gasteiger partial charge in [0.05, 0.1) is 0 Å². The average molecular weight is 249 g/mol. The first-order valence-corrected chi connectivity index (χ1v) is 5.27. The van der Waals surface area contributed by atoms with E-state index in [2.05, 4.69) is 20.5 Å². The maximum Gasteiger partial charge on any atom is 0.277 e. The van der Waals surface area contributed by atoms with Gasteiger partial charge in [0.1, 0.15) is 5.82 Å². The molecule has 0 atom stereocenters. The lowest BCUT2D eigenvalue weighted by Gasteiger charge is -2.05. The van der Waals surface area contributed by atoms with Crippen molar-refractivity contribution in [2.75, 3.05) is 5.32 Å². The molecule has 0 bridgehead atoms. The molecule has 0 radical (unpaired) electrons. The number of hydrogen-bond donors (Lipinski definition) is 1. The molecule has 1 amide bonds. The van der Waals surface area contributed by atoms with Crippen LogP contribution in [0.25, 0.3) is 0 Å². The number of aromatic nitrogens is 3. The van der Waals surface area contributed by atoms with Crippen molar-refractivity contribution in [3.8, 4) is 0 Å². The van der Waals surface area contributed by atoms with Gasteiger partial charge in [-0.1, -0.05) is 17.7 Å². The van der Waals surface area contributed by atoms with Gasteiger partial charge in [0.25, 0.3) is 5.91 Å². The molecule has 0 aromatic carbocycles. The molecule has 17 heavy (non-hydrogen) atoms. The van der Waals surface area contributed by atoms with Gasteiger partial charge in [-0.15, -0.1) is 10.2 Å². The Balaban J connectivity index is 2.17. The van der Waals surface area contributed by atoms with Gasteiger partial charge in [0, 0.05) is 6.20 Å².